The van der Waals surface area contributed by atoms with Gasteiger partial charge in [-0.05, 0) is 33.6 Å². The van der Waals surface area contributed by atoms with E-state index in [0.717, 1.165) is 6.42 Å². The maximum absolute atomic E-state index is 11.8. The fourth-order valence-electron chi connectivity index (χ4n) is 2.47. The molecular formula is C11H19NO3. The average Bonchev–Trinajstić information content (AvgIpc) is 2.58. The summed E-state index contributed by atoms with van der Waals surface area (Å²) in [5, 5.41) is 9.57. The molecule has 2 fully saturated rings. The third kappa shape index (κ3) is 2.09. The maximum Gasteiger partial charge on any atom is 0.410 e. The van der Waals surface area contributed by atoms with E-state index in [9.17, 15) is 9.90 Å². The van der Waals surface area contributed by atoms with Gasteiger partial charge in [0.25, 0.3) is 0 Å². The molecule has 0 aromatic carbocycles. The first-order chi connectivity index (χ1) is 6.87. The zero-order chi connectivity index (χ0) is 11.2. The maximum atomic E-state index is 11.8. The molecule has 0 aromatic rings. The SMILES string of the molecule is CC(C)(C)OC(=O)N1CC2C[C@H]1C[C@H]2O. The quantitative estimate of drug-likeness (QED) is 0.661. The van der Waals surface area contributed by atoms with Crippen LogP contribution in [0.5, 0.6) is 0 Å². The number of piperidine rings is 1. The Morgan fingerprint density at radius 2 is 2.07 bits per heavy atom. The minimum atomic E-state index is -0.433. The average molecular weight is 213 g/mol. The van der Waals surface area contributed by atoms with Gasteiger partial charge in [0.05, 0.1) is 6.10 Å². The highest BCUT2D eigenvalue weighted by Gasteiger charge is 2.46. The topological polar surface area (TPSA) is 49.8 Å². The lowest BCUT2D eigenvalue weighted by atomic mass is 10.1. The van der Waals surface area contributed by atoms with Crippen molar-refractivity contribution in [2.75, 3.05) is 6.54 Å². The molecule has 1 amide bonds. The zero-order valence-corrected chi connectivity index (χ0v) is 9.56. The van der Waals surface area contributed by atoms with Crippen LogP contribution in [0.3, 0.4) is 0 Å². The van der Waals surface area contributed by atoms with Gasteiger partial charge < -0.3 is 14.7 Å². The summed E-state index contributed by atoms with van der Waals surface area (Å²) in [5.74, 6) is 0.266. The number of hydrogen-bond donors (Lipinski definition) is 1. The Labute approximate surface area is 90.2 Å². The Bertz CT molecular complexity index is 269. The van der Waals surface area contributed by atoms with E-state index in [0.29, 0.717) is 13.0 Å². The summed E-state index contributed by atoms with van der Waals surface area (Å²) in [6.07, 6.45) is 1.19. The summed E-state index contributed by atoms with van der Waals surface area (Å²) in [7, 11) is 0. The molecule has 4 heteroatoms. The molecule has 15 heavy (non-hydrogen) atoms. The van der Waals surface area contributed by atoms with Crippen LogP contribution in [0.15, 0.2) is 0 Å². The summed E-state index contributed by atoms with van der Waals surface area (Å²) in [6, 6.07) is 0.194. The highest BCUT2D eigenvalue weighted by atomic mass is 16.6. The van der Waals surface area contributed by atoms with Crippen molar-refractivity contribution in [2.24, 2.45) is 5.92 Å². The highest BCUT2D eigenvalue weighted by Crippen LogP contribution is 2.38. The Kier molecular flexibility index (Phi) is 2.41. The lowest BCUT2D eigenvalue weighted by Gasteiger charge is -2.31. The Morgan fingerprint density at radius 3 is 2.47 bits per heavy atom. The van der Waals surface area contributed by atoms with Crippen LogP contribution in [0, 0.1) is 5.92 Å². The number of hydrogen-bond acceptors (Lipinski definition) is 3. The molecule has 86 valence electrons. The lowest BCUT2D eigenvalue weighted by molar-refractivity contribution is 0.00788. The minimum Gasteiger partial charge on any atom is -0.444 e. The van der Waals surface area contributed by atoms with Gasteiger partial charge in [-0.2, -0.15) is 0 Å². The van der Waals surface area contributed by atoms with Crippen molar-refractivity contribution in [3.8, 4) is 0 Å². The third-order valence-corrected chi connectivity index (χ3v) is 3.13. The van der Waals surface area contributed by atoms with Crippen LogP contribution >= 0.6 is 0 Å². The number of carbonyl (C=O) groups excluding carboxylic acids is 1. The van der Waals surface area contributed by atoms with Crippen molar-refractivity contribution in [1.29, 1.82) is 0 Å². The number of amides is 1. The predicted molar refractivity (Wildman–Crippen MR) is 55.5 cm³/mol. The summed E-state index contributed by atoms with van der Waals surface area (Å²) in [6.45, 7) is 6.26. The number of rotatable bonds is 0. The Hall–Kier alpha value is -0.770. The van der Waals surface area contributed by atoms with E-state index in [2.05, 4.69) is 0 Å². The van der Waals surface area contributed by atoms with Crippen molar-refractivity contribution in [3.05, 3.63) is 0 Å². The van der Waals surface area contributed by atoms with Gasteiger partial charge in [-0.25, -0.2) is 4.79 Å². The molecule has 0 spiro atoms. The number of aliphatic hydroxyl groups is 1. The number of fused-ring (bicyclic) bond motifs is 2. The molecule has 0 radical (unpaired) electrons. The van der Waals surface area contributed by atoms with E-state index in [1.54, 1.807) is 4.90 Å². The number of carbonyl (C=O) groups is 1. The second-order valence-electron chi connectivity index (χ2n) is 5.59. The summed E-state index contributed by atoms with van der Waals surface area (Å²) < 4.78 is 5.31. The molecule has 1 aliphatic heterocycles. The van der Waals surface area contributed by atoms with E-state index in [1.807, 2.05) is 20.8 Å². The van der Waals surface area contributed by atoms with E-state index in [4.69, 9.17) is 4.74 Å². The first kappa shape index (κ1) is 10.7. The smallest absolute Gasteiger partial charge is 0.410 e. The molecule has 3 atom stereocenters. The van der Waals surface area contributed by atoms with Gasteiger partial charge in [0.2, 0.25) is 0 Å². The molecule has 1 N–H and O–H groups in total. The molecule has 1 aliphatic carbocycles. The van der Waals surface area contributed by atoms with E-state index in [-0.39, 0.29) is 24.2 Å². The van der Waals surface area contributed by atoms with Crippen LogP contribution in [0.4, 0.5) is 4.79 Å². The molecule has 1 heterocycles. The molecule has 2 rings (SSSR count). The number of likely N-dealkylation sites (tertiary alicyclic amines) is 1. The van der Waals surface area contributed by atoms with Crippen LogP contribution in [0.1, 0.15) is 33.6 Å². The van der Waals surface area contributed by atoms with Crippen LogP contribution in [0.2, 0.25) is 0 Å². The largest absolute Gasteiger partial charge is 0.444 e. The highest BCUT2D eigenvalue weighted by molar-refractivity contribution is 5.69. The van der Waals surface area contributed by atoms with E-state index >= 15 is 0 Å². The second-order valence-corrected chi connectivity index (χ2v) is 5.59. The van der Waals surface area contributed by atoms with Gasteiger partial charge in [0, 0.05) is 18.5 Å². The van der Waals surface area contributed by atoms with Crippen molar-refractivity contribution in [3.63, 3.8) is 0 Å². The minimum absolute atomic E-state index is 0.194. The number of aliphatic hydroxyl groups excluding tert-OH is 1. The van der Waals surface area contributed by atoms with Crippen molar-refractivity contribution in [1.82, 2.24) is 4.90 Å². The molecule has 1 unspecified atom stereocenters. The molecule has 0 aromatic heterocycles. The molecule has 4 nitrogen and oxygen atoms in total. The van der Waals surface area contributed by atoms with Crippen LogP contribution in [-0.2, 0) is 4.74 Å². The summed E-state index contributed by atoms with van der Waals surface area (Å²) in [5.41, 5.74) is -0.433. The first-order valence-electron chi connectivity index (χ1n) is 5.54. The van der Waals surface area contributed by atoms with Crippen molar-refractivity contribution < 1.29 is 14.6 Å². The number of ether oxygens (including phenoxy) is 1. The number of nitrogens with zero attached hydrogens (tertiary/aromatic N) is 1. The van der Waals surface area contributed by atoms with Gasteiger partial charge in [-0.3, -0.25) is 0 Å². The fourth-order valence-corrected chi connectivity index (χ4v) is 2.47. The Morgan fingerprint density at radius 1 is 1.40 bits per heavy atom. The van der Waals surface area contributed by atoms with Crippen LogP contribution in [-0.4, -0.2) is 40.4 Å². The van der Waals surface area contributed by atoms with Crippen molar-refractivity contribution in [2.45, 2.75) is 51.4 Å². The molecular weight excluding hydrogens is 194 g/mol. The molecule has 2 aliphatic rings. The zero-order valence-electron chi connectivity index (χ0n) is 9.56. The molecule has 1 saturated carbocycles. The van der Waals surface area contributed by atoms with Crippen LogP contribution < -0.4 is 0 Å². The normalized spacial score (nSPS) is 34.7. The monoisotopic (exact) mass is 213 g/mol. The van der Waals surface area contributed by atoms with Gasteiger partial charge in [0.15, 0.2) is 0 Å². The van der Waals surface area contributed by atoms with Gasteiger partial charge in [-0.15, -0.1) is 0 Å². The van der Waals surface area contributed by atoms with E-state index in [1.165, 1.54) is 0 Å². The van der Waals surface area contributed by atoms with E-state index < -0.39 is 5.60 Å². The van der Waals surface area contributed by atoms with Gasteiger partial charge in [-0.1, -0.05) is 0 Å². The predicted octanol–water partition coefficient (Wildman–Crippen LogP) is 1.38. The van der Waals surface area contributed by atoms with Gasteiger partial charge in [0.1, 0.15) is 5.60 Å². The lowest BCUT2D eigenvalue weighted by Crippen LogP contribution is -2.44. The summed E-state index contributed by atoms with van der Waals surface area (Å²) in [4.78, 5) is 13.5. The molecule has 1 saturated heterocycles. The van der Waals surface area contributed by atoms with Crippen molar-refractivity contribution >= 4 is 6.09 Å². The van der Waals surface area contributed by atoms with Crippen LogP contribution in [0.25, 0.3) is 0 Å². The first-order valence-corrected chi connectivity index (χ1v) is 5.54. The molecule has 2 bridgehead atoms. The second kappa shape index (κ2) is 3.37. The standard InChI is InChI=1S/C11H19NO3/c1-11(2,3)15-10(14)12-6-7-4-8(12)5-9(7)13/h7-9,13H,4-6H2,1-3H3/t7?,8-,9+/m0/s1. The fraction of sp³-hybridized carbons (Fsp3) is 0.909. The third-order valence-electron chi connectivity index (χ3n) is 3.13. The summed E-state index contributed by atoms with van der Waals surface area (Å²) >= 11 is 0. The van der Waals surface area contributed by atoms with Gasteiger partial charge >= 0.3 is 6.09 Å². The Balaban J connectivity index is 1.94.